The first kappa shape index (κ1) is 19.4. The molecule has 1 rings (SSSR count). The molecule has 0 spiro atoms. The number of nitrogens with zero attached hydrogens (tertiary/aromatic N) is 1. The zero-order valence-electron chi connectivity index (χ0n) is 13.7. The van der Waals surface area contributed by atoms with E-state index in [1.807, 2.05) is 6.07 Å². The van der Waals surface area contributed by atoms with Gasteiger partial charge in [-0.3, -0.25) is 10.1 Å². The Morgan fingerprint density at radius 2 is 1.96 bits per heavy atom. The Morgan fingerprint density at radius 3 is 2.50 bits per heavy atom. The summed E-state index contributed by atoms with van der Waals surface area (Å²) in [5, 5.41) is 22.2. The Hall–Kier alpha value is -2.64. The van der Waals surface area contributed by atoms with Gasteiger partial charge in [0.05, 0.1) is 0 Å². The quantitative estimate of drug-likeness (QED) is 0.527. The van der Waals surface area contributed by atoms with E-state index in [4.69, 9.17) is 9.84 Å². The third-order valence-electron chi connectivity index (χ3n) is 3.58. The lowest BCUT2D eigenvalue weighted by atomic mass is 9.96. The van der Waals surface area contributed by atoms with Crippen LogP contribution in [0.15, 0.2) is 30.3 Å². The fourth-order valence-electron chi connectivity index (χ4n) is 1.99. The zero-order chi connectivity index (χ0) is 18.2. The number of carbonyl (C=O) groups is 2. The summed E-state index contributed by atoms with van der Waals surface area (Å²) in [6.07, 6.45) is -0.235. The van der Waals surface area contributed by atoms with E-state index >= 15 is 0 Å². The molecule has 0 bridgehead atoms. The second-order valence-electron chi connectivity index (χ2n) is 6.06. The highest BCUT2D eigenvalue weighted by Gasteiger charge is 2.31. The van der Waals surface area contributed by atoms with Crippen LogP contribution in [0.5, 0.6) is 0 Å². The number of rotatable bonds is 9. The van der Waals surface area contributed by atoms with Crippen molar-refractivity contribution in [2.45, 2.75) is 51.3 Å². The Kier molecular flexibility index (Phi) is 7.16. The van der Waals surface area contributed by atoms with Gasteiger partial charge in [-0.05, 0) is 18.4 Å². The van der Waals surface area contributed by atoms with Gasteiger partial charge in [0, 0.05) is 25.2 Å². The summed E-state index contributed by atoms with van der Waals surface area (Å²) in [5.41, 5.74) is -0.344. The summed E-state index contributed by atoms with van der Waals surface area (Å²) < 4.78 is 4.97. The van der Waals surface area contributed by atoms with E-state index in [0.29, 0.717) is 6.42 Å². The van der Waals surface area contributed by atoms with Crippen LogP contribution < -0.4 is 5.32 Å². The molecule has 1 aromatic rings. The molecule has 1 amide bonds. The highest BCUT2D eigenvalue weighted by atomic mass is 16.6. The lowest BCUT2D eigenvalue weighted by molar-refractivity contribution is -0.561. The fourth-order valence-corrected chi connectivity index (χ4v) is 1.99. The van der Waals surface area contributed by atoms with Crippen molar-refractivity contribution < 1.29 is 24.4 Å². The molecule has 0 unspecified atom stereocenters. The van der Waals surface area contributed by atoms with Crippen molar-refractivity contribution in [3.8, 4) is 0 Å². The molecule has 0 aliphatic carbocycles. The van der Waals surface area contributed by atoms with Gasteiger partial charge in [0.25, 0.3) is 0 Å². The van der Waals surface area contributed by atoms with Crippen molar-refractivity contribution in [2.75, 3.05) is 0 Å². The van der Waals surface area contributed by atoms with Crippen LogP contribution in [-0.4, -0.2) is 33.7 Å². The molecule has 0 heterocycles. The molecule has 1 aromatic carbocycles. The molecule has 0 aliphatic rings. The number of nitro groups is 1. The number of carboxylic acids is 1. The van der Waals surface area contributed by atoms with E-state index in [9.17, 15) is 19.7 Å². The van der Waals surface area contributed by atoms with Crippen LogP contribution >= 0.6 is 0 Å². The number of hydrogen-bond acceptors (Lipinski definition) is 5. The summed E-state index contributed by atoms with van der Waals surface area (Å²) in [6, 6.07) is 7.84. The number of nitrogens with one attached hydrogen (secondary N) is 1. The molecule has 0 fully saturated rings. The Bertz CT molecular complexity index is 573. The average Bonchev–Trinajstić information content (AvgIpc) is 2.52. The number of ether oxygens (including phenoxy) is 1. The van der Waals surface area contributed by atoms with Crippen LogP contribution in [0.1, 0.15) is 38.7 Å². The monoisotopic (exact) mass is 338 g/mol. The average molecular weight is 338 g/mol. The standard InChI is InChI=1S/C16H22N2O6/c1-16(2,18(22)23)10-6-9-13(14(19)20)17-15(21)24-11-12-7-4-3-5-8-12/h3-5,7-8,13H,6,9-11H2,1-2H3,(H,17,21)(H,19,20)/t13-/m0/s1. The zero-order valence-corrected chi connectivity index (χ0v) is 13.7. The van der Waals surface area contributed by atoms with E-state index in [2.05, 4.69) is 5.32 Å². The van der Waals surface area contributed by atoms with Gasteiger partial charge in [0.15, 0.2) is 0 Å². The molecular weight excluding hydrogens is 316 g/mol. The predicted octanol–water partition coefficient (Wildman–Crippen LogP) is 2.59. The van der Waals surface area contributed by atoms with E-state index in [-0.39, 0.29) is 19.4 Å². The minimum Gasteiger partial charge on any atom is -0.480 e. The Morgan fingerprint density at radius 1 is 1.33 bits per heavy atom. The third kappa shape index (κ3) is 6.64. The van der Waals surface area contributed by atoms with Crippen molar-refractivity contribution in [1.82, 2.24) is 5.32 Å². The van der Waals surface area contributed by atoms with Gasteiger partial charge < -0.3 is 15.2 Å². The molecule has 2 N–H and O–H groups in total. The minimum absolute atomic E-state index is 0.0351. The maximum Gasteiger partial charge on any atom is 0.408 e. The second-order valence-corrected chi connectivity index (χ2v) is 6.06. The predicted molar refractivity (Wildman–Crippen MR) is 86.1 cm³/mol. The first-order valence-corrected chi connectivity index (χ1v) is 7.57. The summed E-state index contributed by atoms with van der Waals surface area (Å²) in [6.45, 7) is 2.99. The van der Waals surface area contributed by atoms with Crippen LogP contribution in [0.3, 0.4) is 0 Å². The highest BCUT2D eigenvalue weighted by molar-refractivity contribution is 5.79. The fraction of sp³-hybridized carbons (Fsp3) is 0.500. The molecule has 0 saturated carbocycles. The summed E-state index contributed by atoms with van der Waals surface area (Å²) >= 11 is 0. The third-order valence-corrected chi connectivity index (χ3v) is 3.58. The van der Waals surface area contributed by atoms with Crippen LogP contribution in [0, 0.1) is 10.1 Å². The van der Waals surface area contributed by atoms with Gasteiger partial charge in [-0.2, -0.15) is 0 Å². The van der Waals surface area contributed by atoms with Crippen molar-refractivity contribution in [2.24, 2.45) is 0 Å². The maximum absolute atomic E-state index is 11.7. The molecule has 8 heteroatoms. The topological polar surface area (TPSA) is 119 Å². The van der Waals surface area contributed by atoms with E-state index < -0.39 is 28.6 Å². The first-order valence-electron chi connectivity index (χ1n) is 7.57. The van der Waals surface area contributed by atoms with Gasteiger partial charge in [-0.15, -0.1) is 0 Å². The molecule has 1 atom stereocenters. The molecule has 0 saturated heterocycles. The van der Waals surface area contributed by atoms with Gasteiger partial charge in [0.1, 0.15) is 12.6 Å². The van der Waals surface area contributed by atoms with Crippen LogP contribution in [0.4, 0.5) is 4.79 Å². The van der Waals surface area contributed by atoms with Crippen molar-refractivity contribution in [3.05, 3.63) is 46.0 Å². The summed E-state index contributed by atoms with van der Waals surface area (Å²) in [7, 11) is 0. The highest BCUT2D eigenvalue weighted by Crippen LogP contribution is 2.17. The van der Waals surface area contributed by atoms with Crippen molar-refractivity contribution in [3.63, 3.8) is 0 Å². The summed E-state index contributed by atoms with van der Waals surface area (Å²) in [5.74, 6) is -1.20. The molecule has 0 aromatic heterocycles. The van der Waals surface area contributed by atoms with Crippen LogP contribution in [0.25, 0.3) is 0 Å². The van der Waals surface area contributed by atoms with Crippen LogP contribution in [-0.2, 0) is 16.1 Å². The normalized spacial score (nSPS) is 12.2. The Balaban J connectivity index is 2.43. The number of hydrogen-bond donors (Lipinski definition) is 2. The number of carboxylic acid groups (broad SMARTS) is 1. The van der Waals surface area contributed by atoms with E-state index in [1.165, 1.54) is 13.8 Å². The molecule has 8 nitrogen and oxygen atoms in total. The largest absolute Gasteiger partial charge is 0.480 e. The number of amides is 1. The second kappa shape index (κ2) is 8.85. The number of alkyl carbamates (subject to hydrolysis) is 1. The van der Waals surface area contributed by atoms with Gasteiger partial charge in [-0.25, -0.2) is 9.59 Å². The number of carbonyl (C=O) groups excluding carboxylic acids is 1. The lowest BCUT2D eigenvalue weighted by Crippen LogP contribution is -2.41. The molecule has 0 aliphatic heterocycles. The smallest absolute Gasteiger partial charge is 0.408 e. The van der Waals surface area contributed by atoms with E-state index in [1.54, 1.807) is 24.3 Å². The molecule has 132 valence electrons. The molecule has 24 heavy (non-hydrogen) atoms. The van der Waals surface area contributed by atoms with Gasteiger partial charge in [0.2, 0.25) is 5.54 Å². The SMILES string of the molecule is CC(C)(CCC[C@H](NC(=O)OCc1ccccc1)C(=O)O)[N+](=O)[O-]. The van der Waals surface area contributed by atoms with Crippen molar-refractivity contribution in [1.29, 1.82) is 0 Å². The lowest BCUT2D eigenvalue weighted by Gasteiger charge is -2.18. The number of aliphatic carboxylic acids is 1. The maximum atomic E-state index is 11.7. The molecule has 0 radical (unpaired) electrons. The minimum atomic E-state index is -1.20. The van der Waals surface area contributed by atoms with Crippen molar-refractivity contribution >= 4 is 12.1 Å². The van der Waals surface area contributed by atoms with Crippen LogP contribution in [0.2, 0.25) is 0 Å². The Labute approximate surface area is 140 Å². The first-order chi connectivity index (χ1) is 11.2. The van der Waals surface area contributed by atoms with Gasteiger partial charge >= 0.3 is 12.1 Å². The number of benzene rings is 1. The molecular formula is C16H22N2O6. The van der Waals surface area contributed by atoms with Gasteiger partial charge in [-0.1, -0.05) is 30.3 Å². The summed E-state index contributed by atoms with van der Waals surface area (Å²) in [4.78, 5) is 33.3. The van der Waals surface area contributed by atoms with E-state index in [0.717, 1.165) is 5.56 Å².